The van der Waals surface area contributed by atoms with Crippen molar-refractivity contribution in [2.75, 3.05) is 26.4 Å². The van der Waals surface area contributed by atoms with Crippen molar-refractivity contribution in [3.63, 3.8) is 0 Å². The summed E-state index contributed by atoms with van der Waals surface area (Å²) >= 11 is 0. The highest BCUT2D eigenvalue weighted by Gasteiger charge is 2.50. The monoisotopic (exact) mass is 1000 g/mol. The van der Waals surface area contributed by atoms with E-state index in [2.05, 4.69) is 0 Å². The predicted octanol–water partition coefficient (Wildman–Crippen LogP) is -7.16. The Balaban J connectivity index is 0.000000531. The van der Waals surface area contributed by atoms with Crippen LogP contribution in [0.2, 0.25) is 0 Å². The molecule has 3 heterocycles. The minimum atomic E-state index is -1.95. The number of aliphatic hydroxyl groups is 19. The van der Waals surface area contributed by atoms with E-state index >= 15 is 0 Å². The van der Waals surface area contributed by atoms with Gasteiger partial charge in [-0.3, -0.25) is 4.79 Å². The Kier molecular flexibility index (Phi) is 26.3. The molecule has 0 saturated carbocycles. The van der Waals surface area contributed by atoms with Crippen LogP contribution in [0.25, 0.3) is 0 Å². The third-order valence-electron chi connectivity index (χ3n) is 11.6. The van der Waals surface area contributed by atoms with E-state index in [9.17, 15) is 96.7 Å². The van der Waals surface area contributed by atoms with Gasteiger partial charge in [0.25, 0.3) is 0 Å². The van der Waals surface area contributed by atoms with Gasteiger partial charge in [-0.1, -0.05) is 69.2 Å². The fourth-order valence-electron chi connectivity index (χ4n) is 7.42. The van der Waals surface area contributed by atoms with Crippen molar-refractivity contribution in [3.05, 3.63) is 0 Å². The van der Waals surface area contributed by atoms with E-state index in [1.165, 1.54) is 20.8 Å². The maximum absolute atomic E-state index is 12.2. The third-order valence-corrected chi connectivity index (χ3v) is 11.6. The Morgan fingerprint density at radius 1 is 0.500 bits per heavy atom. The number of aliphatic hydroxyl groups excluding tert-OH is 19. The Hall–Kier alpha value is -1.29. The van der Waals surface area contributed by atoms with E-state index in [0.29, 0.717) is 0 Å². The molecule has 0 spiro atoms. The lowest BCUT2D eigenvalue weighted by molar-refractivity contribution is -0.327. The summed E-state index contributed by atoms with van der Waals surface area (Å²) < 4.78 is 26.6. The van der Waals surface area contributed by atoms with Crippen LogP contribution in [0.3, 0.4) is 0 Å². The predicted molar refractivity (Wildman–Crippen MR) is 232 cm³/mol. The molecule has 0 bridgehead atoms. The summed E-state index contributed by atoms with van der Waals surface area (Å²) in [6.45, 7) is 14.6. The summed E-state index contributed by atoms with van der Waals surface area (Å²) in [5, 5.41) is 186. The molecule has 0 radical (unpaired) electrons. The number of ether oxygens (including phenoxy) is 5. The molecule has 25 heteroatoms. The summed E-state index contributed by atoms with van der Waals surface area (Å²) in [5.74, 6) is -0.722. The molecular formula is C43H84O25. The first kappa shape index (κ1) is 64.7. The van der Waals surface area contributed by atoms with Crippen molar-refractivity contribution in [1.29, 1.82) is 0 Å². The lowest BCUT2D eigenvalue weighted by Gasteiger charge is -2.45. The van der Waals surface area contributed by atoms with E-state index in [0.717, 1.165) is 0 Å². The summed E-state index contributed by atoms with van der Waals surface area (Å²) in [7, 11) is 0. The molecule has 406 valence electrons. The van der Waals surface area contributed by atoms with E-state index in [-0.39, 0.29) is 30.3 Å². The van der Waals surface area contributed by atoms with Gasteiger partial charge in [-0.25, -0.2) is 0 Å². The highest BCUT2D eigenvalue weighted by Crippen LogP contribution is 2.33. The molecule has 0 aromatic carbocycles. The molecule has 23 atom stereocenters. The van der Waals surface area contributed by atoms with Crippen LogP contribution in [0, 0.1) is 16.2 Å². The quantitative estimate of drug-likeness (QED) is 0.0644. The average Bonchev–Trinajstić information content (AvgIpc) is 3.26. The Bertz CT molecular complexity index is 1420. The molecule has 0 amide bonds. The zero-order valence-corrected chi connectivity index (χ0v) is 40.5. The second-order valence-electron chi connectivity index (χ2n) is 20.8. The number of rotatable bonds is 17. The summed E-state index contributed by atoms with van der Waals surface area (Å²) in [6.07, 6.45) is -33.2. The SMILES string of the molecule is CC(C)(C)C1OC(CO)[C@H](O)[C@H](O)C1O.CC(C)(C)CC(O)C(O)C(O[C@@H]1OC(CO)[C@@H](O)[C@H](O)C1O)C(O)CO.CC[C@H]1OC(O[C@@H]([C@H](O)[C@@H](O)C(=O)C(C)(C)C)[C@H](O)CO)[C@H](O)[C@@H](O)[C@H]1O. The number of carbonyl (C=O) groups excluding carboxylic acids is 1. The van der Waals surface area contributed by atoms with Gasteiger partial charge < -0.3 is 121 Å². The molecule has 0 aliphatic carbocycles. The van der Waals surface area contributed by atoms with Gasteiger partial charge in [0.1, 0.15) is 110 Å². The van der Waals surface area contributed by atoms with Crippen molar-refractivity contribution in [2.45, 2.75) is 223 Å². The van der Waals surface area contributed by atoms with Crippen molar-refractivity contribution in [1.82, 2.24) is 0 Å². The fourth-order valence-corrected chi connectivity index (χ4v) is 7.42. The summed E-state index contributed by atoms with van der Waals surface area (Å²) in [5.41, 5.74) is -1.71. The minimum Gasteiger partial charge on any atom is -0.394 e. The van der Waals surface area contributed by atoms with Gasteiger partial charge in [0, 0.05) is 5.41 Å². The highest BCUT2D eigenvalue weighted by atomic mass is 16.7. The van der Waals surface area contributed by atoms with Crippen molar-refractivity contribution < 1.29 is 126 Å². The molecule has 25 nitrogen and oxygen atoms in total. The molecular weight excluding hydrogens is 916 g/mol. The number of hydrogen-bond donors (Lipinski definition) is 19. The number of Topliss-reactive ketones (excluding diaryl/α,β-unsaturated/α-hetero) is 1. The van der Waals surface area contributed by atoms with Crippen LogP contribution in [0.5, 0.6) is 0 Å². The van der Waals surface area contributed by atoms with Crippen LogP contribution in [0.1, 0.15) is 82.1 Å². The standard InChI is InChI=1S/C17H32O10.C16H32O10.C10H20O5/c1-5-8-9(20)10(21)13(24)16(26-8)27-14(7(19)6-18)11(22)12(23)15(25)17(2,3)4;1-16(2,3)4-7(19)10(21)14(8(20)5-17)26-15-13(24)12(23)11(22)9(6-18)25-15;1-10(2,3)9-8(14)7(13)6(12)5(4-11)15-9/h7-14,16,18-24H,5-6H2,1-4H3;7-15,17-24H,4-6H2,1-3H3;5-9,11-14H,4H2,1-3H3/t7-,8-,9+,10+,11-,12-,13-,14-,16?;7?,8?,9?,10?,11-,12+,13?,14?,15+;5?,6-,7-,8?,9?/m110/s1. The summed E-state index contributed by atoms with van der Waals surface area (Å²) in [4.78, 5) is 12.2. The van der Waals surface area contributed by atoms with Crippen LogP contribution < -0.4 is 0 Å². The topological polar surface area (TPSA) is 448 Å². The first-order chi connectivity index (χ1) is 31.1. The van der Waals surface area contributed by atoms with Gasteiger partial charge in [0.15, 0.2) is 18.4 Å². The lowest BCUT2D eigenvalue weighted by Crippen LogP contribution is -2.61. The number of hydrogen-bond acceptors (Lipinski definition) is 25. The van der Waals surface area contributed by atoms with Gasteiger partial charge in [-0.15, -0.1) is 0 Å². The molecule has 19 N–H and O–H groups in total. The van der Waals surface area contributed by atoms with Crippen LogP contribution >= 0.6 is 0 Å². The highest BCUT2D eigenvalue weighted by molar-refractivity contribution is 5.88. The molecule has 3 saturated heterocycles. The molecule has 3 aliphatic rings. The number of ketones is 1. The fraction of sp³-hybridized carbons (Fsp3) is 0.977. The van der Waals surface area contributed by atoms with Crippen LogP contribution in [-0.4, -0.2) is 270 Å². The van der Waals surface area contributed by atoms with E-state index in [1.807, 2.05) is 41.5 Å². The van der Waals surface area contributed by atoms with Crippen molar-refractivity contribution >= 4 is 5.78 Å². The van der Waals surface area contributed by atoms with Crippen LogP contribution in [-0.2, 0) is 28.5 Å². The van der Waals surface area contributed by atoms with E-state index in [4.69, 9.17) is 28.8 Å². The van der Waals surface area contributed by atoms with Gasteiger partial charge in [0.05, 0.1) is 44.7 Å². The zero-order chi connectivity index (χ0) is 53.1. The Morgan fingerprint density at radius 3 is 1.22 bits per heavy atom. The maximum Gasteiger partial charge on any atom is 0.187 e. The lowest BCUT2D eigenvalue weighted by atomic mass is 9.80. The van der Waals surface area contributed by atoms with Crippen LogP contribution in [0.4, 0.5) is 0 Å². The maximum atomic E-state index is 12.2. The Morgan fingerprint density at radius 2 is 0.868 bits per heavy atom. The summed E-state index contributed by atoms with van der Waals surface area (Å²) in [6, 6.07) is 0. The molecule has 3 rings (SSSR count). The molecule has 3 aliphatic heterocycles. The average molecular weight is 1000 g/mol. The molecule has 0 aromatic rings. The van der Waals surface area contributed by atoms with Gasteiger partial charge in [-0.2, -0.15) is 0 Å². The Labute approximate surface area is 396 Å². The minimum absolute atomic E-state index is 0.154. The first-order valence-electron chi connectivity index (χ1n) is 22.5. The van der Waals surface area contributed by atoms with Gasteiger partial charge in [-0.05, 0) is 23.7 Å². The second kappa shape index (κ2) is 27.7. The smallest absolute Gasteiger partial charge is 0.187 e. The molecule has 68 heavy (non-hydrogen) atoms. The molecule has 10 unspecified atom stereocenters. The van der Waals surface area contributed by atoms with E-state index in [1.54, 1.807) is 6.92 Å². The second-order valence-corrected chi connectivity index (χ2v) is 20.8. The molecule has 3 fully saturated rings. The first-order valence-corrected chi connectivity index (χ1v) is 22.5. The zero-order valence-electron chi connectivity index (χ0n) is 40.5. The van der Waals surface area contributed by atoms with Crippen LogP contribution in [0.15, 0.2) is 0 Å². The van der Waals surface area contributed by atoms with Gasteiger partial charge in [0.2, 0.25) is 0 Å². The van der Waals surface area contributed by atoms with Gasteiger partial charge >= 0.3 is 0 Å². The van der Waals surface area contributed by atoms with E-state index < -0.39 is 172 Å². The normalized spacial score (nSPS) is 36.3. The third kappa shape index (κ3) is 17.7. The van der Waals surface area contributed by atoms with Crippen molar-refractivity contribution in [3.8, 4) is 0 Å². The van der Waals surface area contributed by atoms with Crippen molar-refractivity contribution in [2.24, 2.45) is 16.2 Å². The largest absolute Gasteiger partial charge is 0.394 e. The molecule has 0 aromatic heterocycles. The number of carbonyl (C=O) groups is 1.